The molecule has 6 heteroatoms. The van der Waals surface area contributed by atoms with Crippen LogP contribution in [-0.4, -0.2) is 23.4 Å². The highest BCUT2D eigenvalue weighted by atomic mass is 33.1. The first-order valence-corrected chi connectivity index (χ1v) is 9.78. The summed E-state index contributed by atoms with van der Waals surface area (Å²) in [6.07, 6.45) is 1.87. The van der Waals surface area contributed by atoms with Gasteiger partial charge in [-0.15, -0.1) is 6.58 Å². The van der Waals surface area contributed by atoms with E-state index in [0.717, 1.165) is 11.5 Å². The largest absolute Gasteiger partial charge is 0.314 e. The third-order valence-electron chi connectivity index (χ3n) is 1.26. The smallest absolute Gasteiger partial charge is 0.310 e. The zero-order valence-electron chi connectivity index (χ0n) is 8.51. The second-order valence-electron chi connectivity index (χ2n) is 2.61. The molecule has 0 aliphatic heterocycles. The van der Waals surface area contributed by atoms with Crippen LogP contribution in [-0.2, 0) is 9.09 Å². The van der Waals surface area contributed by atoms with Gasteiger partial charge in [0.05, 0.1) is 6.61 Å². The number of thioether (sulfide) groups is 1. The molecule has 0 N–H and O–H groups in total. The minimum Gasteiger partial charge on any atom is -0.314 e. The van der Waals surface area contributed by atoms with Crippen LogP contribution in [0.1, 0.15) is 13.8 Å². The van der Waals surface area contributed by atoms with Crippen molar-refractivity contribution in [3.63, 3.8) is 0 Å². The van der Waals surface area contributed by atoms with Gasteiger partial charge in [-0.05, 0) is 6.92 Å². The minimum absolute atomic E-state index is 0.443. The molecule has 84 valence electrons. The summed E-state index contributed by atoms with van der Waals surface area (Å²) in [5, 5.41) is 0.443. The maximum Gasteiger partial charge on any atom is 0.310 e. The Morgan fingerprint density at radius 1 is 1.71 bits per heavy atom. The average molecular weight is 272 g/mol. The third kappa shape index (κ3) is 8.30. The van der Waals surface area contributed by atoms with E-state index in [1.165, 1.54) is 11.4 Å². The molecule has 0 fully saturated rings. The lowest BCUT2D eigenvalue weighted by Crippen LogP contribution is -2.00. The second-order valence-corrected chi connectivity index (χ2v) is 10.5. The first-order chi connectivity index (χ1) is 6.52. The van der Waals surface area contributed by atoms with Crippen molar-refractivity contribution in [3.05, 3.63) is 12.7 Å². The van der Waals surface area contributed by atoms with Crippen LogP contribution < -0.4 is 0 Å². The lowest BCUT2D eigenvalue weighted by molar-refractivity contribution is 0.358. The van der Waals surface area contributed by atoms with Crippen molar-refractivity contribution in [2.75, 3.05) is 18.1 Å². The van der Waals surface area contributed by atoms with Crippen LogP contribution in [0.2, 0.25) is 0 Å². The van der Waals surface area contributed by atoms with Gasteiger partial charge in [0, 0.05) is 16.8 Å². The Kier molecular flexibility index (Phi) is 8.74. The quantitative estimate of drug-likeness (QED) is 0.409. The Morgan fingerprint density at radius 2 is 2.36 bits per heavy atom. The molecule has 0 aromatic carbocycles. The number of thiol groups is 1. The molecule has 0 amide bonds. The summed E-state index contributed by atoms with van der Waals surface area (Å²) in [6.45, 7) is 8.01. The predicted molar refractivity (Wildman–Crippen MR) is 72.8 cm³/mol. The van der Waals surface area contributed by atoms with Gasteiger partial charge in [0.15, 0.2) is 0 Å². The Balaban J connectivity index is 3.69. The van der Waals surface area contributed by atoms with Crippen molar-refractivity contribution >= 4 is 41.2 Å². The van der Waals surface area contributed by atoms with E-state index in [0.29, 0.717) is 11.9 Å². The molecular weight excluding hydrogens is 255 g/mol. The highest BCUT2D eigenvalue weighted by Crippen LogP contribution is 2.64. The number of hydrogen-bond donors (Lipinski definition) is 1. The van der Waals surface area contributed by atoms with E-state index in [-0.39, 0.29) is 0 Å². The molecule has 0 spiro atoms. The van der Waals surface area contributed by atoms with Crippen molar-refractivity contribution in [1.82, 2.24) is 0 Å². The zero-order chi connectivity index (χ0) is 11.0. The molecule has 0 saturated carbocycles. The summed E-state index contributed by atoms with van der Waals surface area (Å²) < 4.78 is 16.6. The van der Waals surface area contributed by atoms with Crippen LogP contribution in [0.4, 0.5) is 0 Å². The van der Waals surface area contributed by atoms with Crippen molar-refractivity contribution in [3.8, 4) is 0 Å². The molecule has 0 aliphatic rings. The highest BCUT2D eigenvalue weighted by Gasteiger charge is 2.18. The van der Waals surface area contributed by atoms with Gasteiger partial charge in [0.1, 0.15) is 0 Å². The minimum atomic E-state index is -2.71. The number of rotatable bonds is 8. The Labute approximate surface area is 100.0 Å². The molecule has 0 aromatic heterocycles. The van der Waals surface area contributed by atoms with Crippen molar-refractivity contribution < 1.29 is 9.09 Å². The van der Waals surface area contributed by atoms with E-state index in [1.807, 2.05) is 13.0 Å². The summed E-state index contributed by atoms with van der Waals surface area (Å²) in [6, 6.07) is 0. The number of hydrogen-bond acceptors (Lipinski definition) is 4. The third-order valence-corrected chi connectivity index (χ3v) is 7.33. The van der Waals surface area contributed by atoms with Crippen molar-refractivity contribution in [2.24, 2.45) is 0 Å². The summed E-state index contributed by atoms with van der Waals surface area (Å²) >= 11 is 7.09. The van der Waals surface area contributed by atoms with E-state index in [9.17, 15) is 4.57 Å². The Hall–Kier alpha value is 0.980. The fourth-order valence-electron chi connectivity index (χ4n) is 0.680. The predicted octanol–water partition coefficient (Wildman–Crippen LogP) is 4.10. The van der Waals surface area contributed by atoms with Gasteiger partial charge in [0.2, 0.25) is 0 Å². The van der Waals surface area contributed by atoms with Crippen LogP contribution in [0.5, 0.6) is 0 Å². The zero-order valence-corrected chi connectivity index (χ0v) is 11.9. The van der Waals surface area contributed by atoms with Crippen LogP contribution >= 0.6 is 41.2 Å². The van der Waals surface area contributed by atoms with Gasteiger partial charge >= 0.3 is 5.77 Å². The molecule has 0 bridgehead atoms. The Bertz CT molecular complexity index is 211. The van der Waals surface area contributed by atoms with Crippen molar-refractivity contribution in [2.45, 2.75) is 19.1 Å². The first-order valence-electron chi connectivity index (χ1n) is 4.36. The molecule has 2 atom stereocenters. The van der Waals surface area contributed by atoms with E-state index in [2.05, 4.69) is 25.8 Å². The lowest BCUT2D eigenvalue weighted by atomic mass is 10.6. The van der Waals surface area contributed by atoms with Crippen molar-refractivity contribution in [1.29, 1.82) is 0 Å². The molecular formula is C8H17O2PS3. The fraction of sp³-hybridized carbons (Fsp3) is 0.750. The van der Waals surface area contributed by atoms with Gasteiger partial charge in [-0.1, -0.05) is 36.6 Å². The fourth-order valence-corrected chi connectivity index (χ4v) is 5.56. The summed E-state index contributed by atoms with van der Waals surface area (Å²) in [5.74, 6) is -0.992. The topological polar surface area (TPSA) is 26.3 Å². The van der Waals surface area contributed by atoms with Gasteiger partial charge in [-0.25, -0.2) is 0 Å². The highest BCUT2D eigenvalue weighted by molar-refractivity contribution is 8.84. The summed E-state index contributed by atoms with van der Waals surface area (Å²) in [7, 11) is 0. The molecule has 0 aliphatic carbocycles. The maximum absolute atomic E-state index is 11.6. The van der Waals surface area contributed by atoms with E-state index < -0.39 is 5.77 Å². The molecule has 1 unspecified atom stereocenters. The summed E-state index contributed by atoms with van der Waals surface area (Å²) in [4.78, 5) is 0. The van der Waals surface area contributed by atoms with E-state index in [4.69, 9.17) is 4.52 Å². The normalized spacial score (nSPS) is 17.4. The molecule has 14 heavy (non-hydrogen) atoms. The van der Waals surface area contributed by atoms with Crippen LogP contribution in [0.3, 0.4) is 0 Å². The lowest BCUT2D eigenvalue weighted by Gasteiger charge is -2.13. The average Bonchev–Trinajstić information content (AvgIpc) is 2.11. The van der Waals surface area contributed by atoms with Gasteiger partial charge in [-0.2, -0.15) is 11.8 Å². The molecule has 0 aromatic rings. The first kappa shape index (κ1) is 15.0. The van der Waals surface area contributed by atoms with Gasteiger partial charge < -0.3 is 4.52 Å². The van der Waals surface area contributed by atoms with Gasteiger partial charge in [0.25, 0.3) is 0 Å². The van der Waals surface area contributed by atoms with E-state index in [1.54, 1.807) is 11.8 Å². The summed E-state index contributed by atoms with van der Waals surface area (Å²) in [5.41, 5.74) is 0. The maximum atomic E-state index is 11.6. The molecule has 0 heterocycles. The standard InChI is InChI=1S/C8H17O2PS3/c1-4-6-13-8(3)7-14-11(9,12)10-5-2/h4,8H,1,5-7H2,2-3H3,(H,9,12)/t8-,11?/m0/s1. The van der Waals surface area contributed by atoms with Crippen LogP contribution in [0.25, 0.3) is 0 Å². The molecule has 0 rings (SSSR count). The molecule has 0 saturated heterocycles. The van der Waals surface area contributed by atoms with Crippen LogP contribution in [0, 0.1) is 0 Å². The molecule has 2 nitrogen and oxygen atoms in total. The second kappa shape index (κ2) is 8.17. The Morgan fingerprint density at radius 3 is 2.86 bits per heavy atom. The van der Waals surface area contributed by atoms with E-state index >= 15 is 0 Å². The van der Waals surface area contributed by atoms with Crippen LogP contribution in [0.15, 0.2) is 12.7 Å². The SMILES string of the molecule is C=CCS[C@@H](C)CSP(=O)(S)OCC. The monoisotopic (exact) mass is 272 g/mol. The van der Waals surface area contributed by atoms with Gasteiger partial charge in [-0.3, -0.25) is 4.57 Å². The molecule has 0 radical (unpaired) electrons.